The molecule has 6 nitrogen and oxygen atoms in total. The number of ether oxygens (including phenoxy) is 1. The van der Waals surface area contributed by atoms with Gasteiger partial charge in [0.1, 0.15) is 0 Å². The van der Waals surface area contributed by atoms with Gasteiger partial charge in [-0.1, -0.05) is 49.4 Å². The molecule has 1 atom stereocenters. The van der Waals surface area contributed by atoms with Gasteiger partial charge in [-0.25, -0.2) is 0 Å². The molecule has 0 aliphatic carbocycles. The second-order valence-electron chi connectivity index (χ2n) is 6.12. The van der Waals surface area contributed by atoms with E-state index in [2.05, 4.69) is 12.2 Å². The Bertz CT molecular complexity index is 939. The number of para-hydroxylation sites is 2. The van der Waals surface area contributed by atoms with Crippen molar-refractivity contribution in [3.63, 3.8) is 0 Å². The Morgan fingerprint density at radius 3 is 2.54 bits per heavy atom. The molecule has 0 radical (unpaired) electrons. The Balaban J connectivity index is 1.72. The fraction of sp³-hybridized carbons (Fsp3) is 0.190. The number of hydrogen-bond donors (Lipinski definition) is 1. The van der Waals surface area contributed by atoms with E-state index < -0.39 is 4.92 Å². The first-order chi connectivity index (χ1) is 13.6. The van der Waals surface area contributed by atoms with Gasteiger partial charge in [-0.2, -0.15) is 0 Å². The molecule has 1 N–H and O–H groups in total. The fourth-order valence-electron chi connectivity index (χ4n) is 2.80. The van der Waals surface area contributed by atoms with Crippen LogP contribution in [0.3, 0.4) is 0 Å². The number of carbonyl (C=O) groups is 1. The standard InChI is InChI=1S/C21H20N2O4S/c1-2-15-9-11-16(12-10-15)21(19-8-5-13-28-19)22-20(24)14-27-18-7-4-3-6-17(18)23(25)26/h3-13,21H,2,14H2,1H3,(H,22,24)/t21-/m0/s1. The molecule has 0 aliphatic heterocycles. The average Bonchev–Trinajstić information content (AvgIpc) is 3.25. The van der Waals surface area contributed by atoms with Gasteiger partial charge in [-0.05, 0) is 35.1 Å². The van der Waals surface area contributed by atoms with Crippen molar-refractivity contribution in [3.8, 4) is 5.75 Å². The van der Waals surface area contributed by atoms with Crippen LogP contribution in [0.4, 0.5) is 5.69 Å². The van der Waals surface area contributed by atoms with Gasteiger partial charge in [-0.15, -0.1) is 11.3 Å². The second kappa shape index (κ2) is 9.14. The first-order valence-corrected chi connectivity index (χ1v) is 9.74. The molecule has 0 spiro atoms. The summed E-state index contributed by atoms with van der Waals surface area (Å²) in [6.45, 7) is 1.79. The Hall–Kier alpha value is -3.19. The number of nitrogens with one attached hydrogen (secondary N) is 1. The molecule has 28 heavy (non-hydrogen) atoms. The van der Waals surface area contributed by atoms with Crippen LogP contribution in [-0.4, -0.2) is 17.4 Å². The highest BCUT2D eigenvalue weighted by molar-refractivity contribution is 7.10. The molecule has 0 saturated heterocycles. The largest absolute Gasteiger partial charge is 0.477 e. The van der Waals surface area contributed by atoms with Gasteiger partial charge in [0.2, 0.25) is 0 Å². The van der Waals surface area contributed by atoms with Crippen LogP contribution in [-0.2, 0) is 11.2 Å². The van der Waals surface area contributed by atoms with Gasteiger partial charge in [0.25, 0.3) is 5.91 Å². The van der Waals surface area contributed by atoms with E-state index in [0.717, 1.165) is 16.9 Å². The van der Waals surface area contributed by atoms with Crippen molar-refractivity contribution in [2.24, 2.45) is 0 Å². The van der Waals surface area contributed by atoms with Crippen LogP contribution in [0.15, 0.2) is 66.0 Å². The molecule has 0 unspecified atom stereocenters. The Kier molecular flexibility index (Phi) is 6.39. The quantitative estimate of drug-likeness (QED) is 0.449. The molecular formula is C21H20N2O4S. The monoisotopic (exact) mass is 396 g/mol. The highest BCUT2D eigenvalue weighted by atomic mass is 32.1. The third-order valence-electron chi connectivity index (χ3n) is 4.28. The lowest BCUT2D eigenvalue weighted by molar-refractivity contribution is -0.385. The van der Waals surface area contributed by atoms with Crippen LogP contribution in [0.1, 0.15) is 29.0 Å². The lowest BCUT2D eigenvalue weighted by Gasteiger charge is -2.18. The highest BCUT2D eigenvalue weighted by Crippen LogP contribution is 2.27. The summed E-state index contributed by atoms with van der Waals surface area (Å²) < 4.78 is 5.40. The molecule has 0 bridgehead atoms. The van der Waals surface area contributed by atoms with Gasteiger partial charge in [0, 0.05) is 10.9 Å². The summed E-state index contributed by atoms with van der Waals surface area (Å²) in [5.74, 6) is -0.279. The number of rotatable bonds is 8. The van der Waals surface area contributed by atoms with Gasteiger partial charge in [0.15, 0.2) is 12.4 Å². The molecule has 1 amide bonds. The Morgan fingerprint density at radius 1 is 1.14 bits per heavy atom. The maximum Gasteiger partial charge on any atom is 0.310 e. The number of amides is 1. The third kappa shape index (κ3) is 4.75. The maximum atomic E-state index is 12.5. The van der Waals surface area contributed by atoms with E-state index in [1.165, 1.54) is 17.7 Å². The minimum atomic E-state index is -0.531. The first-order valence-electron chi connectivity index (χ1n) is 8.86. The maximum absolute atomic E-state index is 12.5. The summed E-state index contributed by atoms with van der Waals surface area (Å²) in [5.41, 5.74) is 2.03. The molecule has 144 valence electrons. The van der Waals surface area contributed by atoms with Gasteiger partial charge < -0.3 is 10.1 Å². The SMILES string of the molecule is CCc1ccc([C@H](NC(=O)COc2ccccc2[N+](=O)[O-])c2cccs2)cc1. The molecule has 2 aromatic carbocycles. The normalized spacial score (nSPS) is 11.6. The second-order valence-corrected chi connectivity index (χ2v) is 7.10. The van der Waals surface area contributed by atoms with E-state index >= 15 is 0 Å². The molecule has 1 heterocycles. The molecule has 1 aromatic heterocycles. The van der Waals surface area contributed by atoms with Crippen LogP contribution >= 0.6 is 11.3 Å². The summed E-state index contributed by atoms with van der Waals surface area (Å²) >= 11 is 1.55. The Labute approximate surface area is 166 Å². The number of nitro groups is 1. The van der Waals surface area contributed by atoms with Crippen LogP contribution in [0.5, 0.6) is 5.75 Å². The first kappa shape index (κ1) is 19.6. The van der Waals surface area contributed by atoms with Crippen molar-refractivity contribution in [1.82, 2.24) is 5.32 Å². The average molecular weight is 396 g/mol. The van der Waals surface area contributed by atoms with E-state index in [4.69, 9.17) is 4.74 Å². The number of nitro benzene ring substituents is 1. The lowest BCUT2D eigenvalue weighted by Crippen LogP contribution is -2.33. The predicted octanol–water partition coefficient (Wildman–Crippen LogP) is 4.50. The van der Waals surface area contributed by atoms with Crippen LogP contribution in [0.2, 0.25) is 0 Å². The van der Waals surface area contributed by atoms with E-state index in [-0.39, 0.29) is 30.0 Å². The zero-order valence-corrected chi connectivity index (χ0v) is 16.1. The van der Waals surface area contributed by atoms with Crippen LogP contribution < -0.4 is 10.1 Å². The minimum Gasteiger partial charge on any atom is -0.477 e. The van der Waals surface area contributed by atoms with Crippen LogP contribution in [0, 0.1) is 10.1 Å². The van der Waals surface area contributed by atoms with Gasteiger partial charge in [-0.3, -0.25) is 14.9 Å². The van der Waals surface area contributed by atoms with E-state index in [0.29, 0.717) is 0 Å². The Morgan fingerprint density at radius 2 is 1.89 bits per heavy atom. The van der Waals surface area contributed by atoms with Crippen molar-refractivity contribution in [3.05, 3.63) is 92.2 Å². The van der Waals surface area contributed by atoms with Gasteiger partial charge >= 0.3 is 5.69 Å². The van der Waals surface area contributed by atoms with Crippen molar-refractivity contribution in [1.29, 1.82) is 0 Å². The zero-order valence-electron chi connectivity index (χ0n) is 15.3. The lowest BCUT2D eigenvalue weighted by atomic mass is 10.0. The third-order valence-corrected chi connectivity index (χ3v) is 5.21. The molecule has 3 aromatic rings. The summed E-state index contributed by atoms with van der Waals surface area (Å²) in [6, 6.07) is 17.7. The van der Waals surface area contributed by atoms with Crippen molar-refractivity contribution >= 4 is 22.9 Å². The molecule has 7 heteroatoms. The number of thiophene rings is 1. The molecule has 0 aliphatic rings. The molecule has 0 saturated carbocycles. The zero-order chi connectivity index (χ0) is 19.9. The number of benzene rings is 2. The highest BCUT2D eigenvalue weighted by Gasteiger charge is 2.20. The smallest absolute Gasteiger partial charge is 0.310 e. The summed E-state index contributed by atoms with van der Waals surface area (Å²) in [4.78, 5) is 24.0. The van der Waals surface area contributed by atoms with Crippen LogP contribution in [0.25, 0.3) is 0 Å². The molecule has 3 rings (SSSR count). The number of carbonyl (C=O) groups excluding carboxylic acids is 1. The van der Waals surface area contributed by atoms with E-state index in [1.54, 1.807) is 23.5 Å². The summed E-state index contributed by atoms with van der Waals surface area (Å²) in [7, 11) is 0. The molecular weight excluding hydrogens is 376 g/mol. The van der Waals surface area contributed by atoms with Crippen molar-refractivity contribution in [2.45, 2.75) is 19.4 Å². The summed E-state index contributed by atoms with van der Waals surface area (Å²) in [6.07, 6.45) is 0.944. The van der Waals surface area contributed by atoms with E-state index in [1.807, 2.05) is 41.8 Å². The minimum absolute atomic E-state index is 0.0719. The summed E-state index contributed by atoms with van der Waals surface area (Å²) in [5, 5.41) is 16.0. The number of nitrogens with zero attached hydrogens (tertiary/aromatic N) is 1. The van der Waals surface area contributed by atoms with Gasteiger partial charge in [0.05, 0.1) is 11.0 Å². The predicted molar refractivity (Wildman–Crippen MR) is 109 cm³/mol. The van der Waals surface area contributed by atoms with Crippen molar-refractivity contribution in [2.75, 3.05) is 6.61 Å². The fourth-order valence-corrected chi connectivity index (χ4v) is 3.60. The van der Waals surface area contributed by atoms with E-state index in [9.17, 15) is 14.9 Å². The van der Waals surface area contributed by atoms with Crippen molar-refractivity contribution < 1.29 is 14.5 Å². The topological polar surface area (TPSA) is 81.5 Å². The number of aryl methyl sites for hydroxylation is 1. The molecule has 0 fully saturated rings. The number of hydrogen-bond acceptors (Lipinski definition) is 5.